The van der Waals surface area contributed by atoms with Crippen LogP contribution in [0.15, 0.2) is 24.8 Å². The predicted molar refractivity (Wildman–Crippen MR) is 40.5 cm³/mol. The molecule has 0 heterocycles. The average molecular weight is 176 g/mol. The van der Waals surface area contributed by atoms with Gasteiger partial charge in [-0.3, -0.25) is 9.35 Å². The molecule has 0 radical (unpaired) electrons. The number of rotatable bonds is 3. The van der Waals surface area contributed by atoms with E-state index in [1.807, 2.05) is 0 Å². The Balaban J connectivity index is 4.20. The largest absolute Gasteiger partial charge is 0.332 e. The van der Waals surface area contributed by atoms with Gasteiger partial charge in [-0.25, -0.2) is 0 Å². The van der Waals surface area contributed by atoms with Gasteiger partial charge in [0.05, 0.1) is 0 Å². The van der Waals surface area contributed by atoms with Crippen LogP contribution in [0.2, 0.25) is 0 Å². The van der Waals surface area contributed by atoms with Crippen molar-refractivity contribution in [2.75, 3.05) is 0 Å². The Morgan fingerprint density at radius 1 is 1.55 bits per heavy atom. The standard InChI is InChI=1S/C6H8O4S/c1-2-3-4-5-6(7)11(8,9)10/h2,4-5H,1,3H2,(H,8,9,10). The van der Waals surface area contributed by atoms with Crippen molar-refractivity contribution in [1.29, 1.82) is 0 Å². The van der Waals surface area contributed by atoms with Gasteiger partial charge >= 0.3 is 10.1 Å². The first-order chi connectivity index (χ1) is 4.98. The Kier molecular flexibility index (Phi) is 3.70. The third-order valence-electron chi connectivity index (χ3n) is 0.811. The Hall–Kier alpha value is -0.940. The highest BCUT2D eigenvalue weighted by atomic mass is 32.2. The SMILES string of the molecule is C=CCC=CC(=O)S(=O)(=O)O. The summed E-state index contributed by atoms with van der Waals surface area (Å²) in [6, 6.07) is 0. The fourth-order valence-electron chi connectivity index (χ4n) is 0.346. The lowest BCUT2D eigenvalue weighted by Gasteiger charge is -1.85. The fourth-order valence-corrected chi connectivity index (χ4v) is 0.615. The number of hydrogen-bond donors (Lipinski definition) is 1. The van der Waals surface area contributed by atoms with Gasteiger partial charge in [0.25, 0.3) is 5.12 Å². The second-order valence-electron chi connectivity index (χ2n) is 1.72. The second-order valence-corrected chi connectivity index (χ2v) is 3.07. The van der Waals surface area contributed by atoms with Crippen molar-refractivity contribution in [3.8, 4) is 0 Å². The third-order valence-corrected chi connectivity index (χ3v) is 1.46. The highest BCUT2D eigenvalue weighted by Gasteiger charge is 2.12. The molecule has 0 aromatic carbocycles. The maximum atomic E-state index is 10.4. The van der Waals surface area contributed by atoms with Gasteiger partial charge in [0.1, 0.15) is 0 Å². The van der Waals surface area contributed by atoms with Crippen molar-refractivity contribution in [3.63, 3.8) is 0 Å². The van der Waals surface area contributed by atoms with Crippen molar-refractivity contribution in [2.45, 2.75) is 6.42 Å². The molecule has 0 aliphatic heterocycles. The molecule has 0 amide bonds. The first-order valence-electron chi connectivity index (χ1n) is 2.77. The predicted octanol–water partition coefficient (Wildman–Crippen LogP) is 0.533. The van der Waals surface area contributed by atoms with Gasteiger partial charge in [-0.1, -0.05) is 12.2 Å². The van der Waals surface area contributed by atoms with E-state index in [9.17, 15) is 13.2 Å². The van der Waals surface area contributed by atoms with Gasteiger partial charge < -0.3 is 0 Å². The maximum Gasteiger partial charge on any atom is 0.332 e. The molecule has 5 heteroatoms. The fraction of sp³-hybridized carbons (Fsp3) is 0.167. The van der Waals surface area contributed by atoms with E-state index in [2.05, 4.69) is 6.58 Å². The van der Waals surface area contributed by atoms with E-state index in [-0.39, 0.29) is 0 Å². The van der Waals surface area contributed by atoms with Crippen LogP contribution in [-0.2, 0) is 14.9 Å². The van der Waals surface area contributed by atoms with Crippen molar-refractivity contribution in [3.05, 3.63) is 24.8 Å². The molecule has 0 saturated carbocycles. The van der Waals surface area contributed by atoms with E-state index in [4.69, 9.17) is 4.55 Å². The molecule has 0 aromatic rings. The Morgan fingerprint density at radius 2 is 2.09 bits per heavy atom. The van der Waals surface area contributed by atoms with Gasteiger partial charge in [-0.2, -0.15) is 8.42 Å². The molecule has 0 bridgehead atoms. The van der Waals surface area contributed by atoms with E-state index in [1.54, 1.807) is 0 Å². The number of carbonyl (C=O) groups excluding carboxylic acids is 1. The molecular weight excluding hydrogens is 168 g/mol. The highest BCUT2D eigenvalue weighted by molar-refractivity contribution is 8.01. The van der Waals surface area contributed by atoms with Gasteiger partial charge in [0.15, 0.2) is 0 Å². The minimum absolute atomic E-state index is 0.390. The van der Waals surface area contributed by atoms with Crippen LogP contribution in [0.5, 0.6) is 0 Å². The molecule has 11 heavy (non-hydrogen) atoms. The molecule has 0 fully saturated rings. The van der Waals surface area contributed by atoms with Crippen molar-refractivity contribution in [1.82, 2.24) is 0 Å². The van der Waals surface area contributed by atoms with Crippen LogP contribution >= 0.6 is 0 Å². The van der Waals surface area contributed by atoms with E-state index in [0.29, 0.717) is 6.42 Å². The van der Waals surface area contributed by atoms with E-state index in [1.165, 1.54) is 12.2 Å². The summed E-state index contributed by atoms with van der Waals surface area (Å²) in [5.41, 5.74) is 0. The molecule has 0 unspecified atom stereocenters. The zero-order chi connectivity index (χ0) is 8.91. The molecule has 0 spiro atoms. The normalized spacial score (nSPS) is 11.7. The van der Waals surface area contributed by atoms with Gasteiger partial charge in [0, 0.05) is 0 Å². The maximum absolute atomic E-state index is 10.4. The van der Waals surface area contributed by atoms with Gasteiger partial charge in [-0.15, -0.1) is 6.58 Å². The minimum Gasteiger partial charge on any atom is -0.279 e. The Labute approximate surface area is 65.0 Å². The van der Waals surface area contributed by atoms with Crippen LogP contribution in [-0.4, -0.2) is 18.1 Å². The lowest BCUT2D eigenvalue weighted by Crippen LogP contribution is -2.09. The van der Waals surface area contributed by atoms with E-state index in [0.717, 1.165) is 6.08 Å². The van der Waals surface area contributed by atoms with Crippen LogP contribution in [0.3, 0.4) is 0 Å². The minimum atomic E-state index is -4.54. The molecule has 0 atom stereocenters. The number of hydrogen-bond acceptors (Lipinski definition) is 3. The summed E-state index contributed by atoms with van der Waals surface area (Å²) in [6.45, 7) is 3.35. The summed E-state index contributed by atoms with van der Waals surface area (Å²) >= 11 is 0. The van der Waals surface area contributed by atoms with E-state index < -0.39 is 15.2 Å². The molecular formula is C6H8O4S. The molecule has 0 rings (SSSR count). The van der Waals surface area contributed by atoms with Crippen molar-refractivity contribution < 1.29 is 17.8 Å². The van der Waals surface area contributed by atoms with Crippen molar-refractivity contribution >= 4 is 15.2 Å². The molecule has 0 saturated heterocycles. The van der Waals surface area contributed by atoms with Crippen LogP contribution < -0.4 is 0 Å². The molecule has 0 aliphatic carbocycles. The lowest BCUT2D eigenvalue weighted by molar-refractivity contribution is -0.108. The number of carbonyl (C=O) groups is 1. The lowest BCUT2D eigenvalue weighted by atomic mass is 10.4. The monoisotopic (exact) mass is 176 g/mol. The summed E-state index contributed by atoms with van der Waals surface area (Å²) in [5, 5.41) is -1.31. The van der Waals surface area contributed by atoms with Gasteiger partial charge in [-0.05, 0) is 12.5 Å². The van der Waals surface area contributed by atoms with Crippen molar-refractivity contribution in [2.24, 2.45) is 0 Å². The molecule has 0 aromatic heterocycles. The summed E-state index contributed by atoms with van der Waals surface area (Å²) < 4.78 is 28.2. The van der Waals surface area contributed by atoms with Crippen LogP contribution in [0.25, 0.3) is 0 Å². The van der Waals surface area contributed by atoms with Crippen LogP contribution in [0.4, 0.5) is 0 Å². The highest BCUT2D eigenvalue weighted by Crippen LogP contribution is 1.90. The zero-order valence-corrected chi connectivity index (χ0v) is 6.54. The molecule has 1 N–H and O–H groups in total. The number of allylic oxidation sites excluding steroid dienone is 2. The average Bonchev–Trinajstić information content (AvgIpc) is 1.86. The zero-order valence-electron chi connectivity index (χ0n) is 5.73. The van der Waals surface area contributed by atoms with Gasteiger partial charge in [0.2, 0.25) is 0 Å². The van der Waals surface area contributed by atoms with E-state index >= 15 is 0 Å². The third kappa shape index (κ3) is 4.46. The molecule has 62 valence electrons. The molecule has 0 aliphatic rings. The summed E-state index contributed by atoms with van der Waals surface area (Å²) in [7, 11) is -4.54. The Bertz CT molecular complexity index is 273. The van der Waals surface area contributed by atoms with Crippen LogP contribution in [0, 0.1) is 0 Å². The second kappa shape index (κ2) is 4.05. The first-order valence-corrected chi connectivity index (χ1v) is 4.21. The first kappa shape index (κ1) is 10.1. The van der Waals surface area contributed by atoms with Crippen LogP contribution in [0.1, 0.15) is 6.42 Å². The Morgan fingerprint density at radius 3 is 2.45 bits per heavy atom. The molecule has 4 nitrogen and oxygen atoms in total. The summed E-state index contributed by atoms with van der Waals surface area (Å²) in [6.07, 6.45) is 3.97. The quantitative estimate of drug-likeness (QED) is 0.387. The summed E-state index contributed by atoms with van der Waals surface area (Å²) in [5.74, 6) is 0. The topological polar surface area (TPSA) is 71.4 Å². The summed E-state index contributed by atoms with van der Waals surface area (Å²) in [4.78, 5) is 10.4. The smallest absolute Gasteiger partial charge is 0.279 e.